The molecule has 228 valence electrons. The van der Waals surface area contributed by atoms with Crippen LogP contribution in [0.25, 0.3) is 0 Å². The van der Waals surface area contributed by atoms with E-state index in [-0.39, 0.29) is 17.4 Å². The van der Waals surface area contributed by atoms with Crippen LogP contribution in [0.5, 0.6) is 17.2 Å². The number of carbonyl (C=O) groups is 2. The molecule has 3 aromatic carbocycles. The van der Waals surface area contributed by atoms with Gasteiger partial charge in [-0.3, -0.25) is 0 Å². The van der Waals surface area contributed by atoms with Gasteiger partial charge < -0.3 is 34.4 Å². The highest BCUT2D eigenvalue weighted by atomic mass is 16.6. The Balaban J connectivity index is 0.000000307. The lowest BCUT2D eigenvalue weighted by Gasteiger charge is -2.35. The zero-order valence-electron chi connectivity index (χ0n) is 25.4. The summed E-state index contributed by atoms with van der Waals surface area (Å²) in [7, 11) is 5.70. The van der Waals surface area contributed by atoms with Crippen LogP contribution in [0.3, 0.4) is 0 Å². The maximum absolute atomic E-state index is 11.8. The minimum absolute atomic E-state index is 0.157. The normalized spacial score (nSPS) is 14.5. The van der Waals surface area contributed by atoms with E-state index < -0.39 is 29.7 Å². The van der Waals surface area contributed by atoms with Gasteiger partial charge in [-0.2, -0.15) is 0 Å². The lowest BCUT2D eigenvalue weighted by Crippen LogP contribution is -2.43. The van der Waals surface area contributed by atoms with E-state index in [0.717, 1.165) is 29.0 Å². The van der Waals surface area contributed by atoms with Gasteiger partial charge in [-0.15, -0.1) is 0 Å². The van der Waals surface area contributed by atoms with Gasteiger partial charge in [0.1, 0.15) is 17.2 Å². The quantitative estimate of drug-likeness (QED) is 0.227. The molecular weight excluding hydrogens is 538 g/mol. The number of methoxy groups -OCH3 is 1. The smallest absolute Gasteiger partial charge is 0.343 e. The summed E-state index contributed by atoms with van der Waals surface area (Å²) >= 11 is 0. The fourth-order valence-corrected chi connectivity index (χ4v) is 4.25. The molecular formula is C33H43NO8. The highest BCUT2D eigenvalue weighted by molar-refractivity contribution is 5.87. The molecule has 0 saturated carbocycles. The van der Waals surface area contributed by atoms with E-state index in [1.165, 1.54) is 24.3 Å². The molecule has 0 aliphatic rings. The summed E-state index contributed by atoms with van der Waals surface area (Å²) in [4.78, 5) is 25.7. The molecule has 42 heavy (non-hydrogen) atoms. The van der Waals surface area contributed by atoms with Gasteiger partial charge in [0, 0.05) is 12.5 Å². The van der Waals surface area contributed by atoms with E-state index in [2.05, 4.69) is 11.8 Å². The highest BCUT2D eigenvalue weighted by Gasteiger charge is 2.35. The lowest BCUT2D eigenvalue weighted by atomic mass is 9.80. The van der Waals surface area contributed by atoms with Crippen LogP contribution in [0, 0.1) is 19.8 Å². The first-order valence-corrected chi connectivity index (χ1v) is 13.7. The molecule has 9 nitrogen and oxygen atoms in total. The average molecular weight is 582 g/mol. The number of nitrogens with zero attached hydrogens (tertiary/aromatic N) is 1. The number of esters is 2. The van der Waals surface area contributed by atoms with Crippen molar-refractivity contribution < 1.29 is 39.1 Å². The molecule has 0 spiro atoms. The topological polar surface area (TPSA) is 126 Å². The number of benzene rings is 3. The predicted octanol–water partition coefficient (Wildman–Crippen LogP) is 4.03. The number of carbonyl (C=O) groups excluding carboxylic acids is 2. The van der Waals surface area contributed by atoms with Gasteiger partial charge >= 0.3 is 11.9 Å². The molecule has 0 radical (unpaired) electrons. The Bertz CT molecular complexity index is 1210. The number of aliphatic hydroxyl groups excluding tert-OH is 2. The third-order valence-electron chi connectivity index (χ3n) is 6.82. The maximum Gasteiger partial charge on any atom is 0.343 e. The summed E-state index contributed by atoms with van der Waals surface area (Å²) in [5, 5.41) is 30.5. The molecule has 0 unspecified atom stereocenters. The molecule has 0 heterocycles. The second-order valence-corrected chi connectivity index (χ2v) is 10.5. The minimum atomic E-state index is -2.05. The van der Waals surface area contributed by atoms with Crippen molar-refractivity contribution in [1.29, 1.82) is 0 Å². The van der Waals surface area contributed by atoms with Crippen LogP contribution in [0.15, 0.2) is 72.8 Å². The fraction of sp³-hybridized carbons (Fsp3) is 0.394. The molecule has 0 aliphatic carbocycles. The van der Waals surface area contributed by atoms with Gasteiger partial charge in [0.25, 0.3) is 0 Å². The Labute approximate surface area is 248 Å². The van der Waals surface area contributed by atoms with Crippen molar-refractivity contribution >= 4 is 11.9 Å². The third kappa shape index (κ3) is 9.95. The van der Waals surface area contributed by atoms with Crippen LogP contribution < -0.4 is 14.2 Å². The zero-order valence-corrected chi connectivity index (χ0v) is 25.4. The van der Waals surface area contributed by atoms with Crippen molar-refractivity contribution in [2.24, 2.45) is 5.92 Å². The van der Waals surface area contributed by atoms with Crippen molar-refractivity contribution in [2.75, 3.05) is 27.7 Å². The third-order valence-corrected chi connectivity index (χ3v) is 6.82. The van der Waals surface area contributed by atoms with Gasteiger partial charge in [-0.05, 0) is 76.3 Å². The molecule has 4 atom stereocenters. The minimum Gasteiger partial charge on any atom is -0.497 e. The van der Waals surface area contributed by atoms with E-state index in [1.54, 1.807) is 31.4 Å². The number of ether oxygens (including phenoxy) is 3. The molecule has 0 fully saturated rings. The van der Waals surface area contributed by atoms with Gasteiger partial charge in [-0.25, -0.2) is 9.59 Å². The van der Waals surface area contributed by atoms with Crippen LogP contribution in [0.2, 0.25) is 0 Å². The summed E-state index contributed by atoms with van der Waals surface area (Å²) in [6.45, 7) is 8.69. The van der Waals surface area contributed by atoms with E-state index in [4.69, 9.17) is 14.2 Å². The zero-order chi connectivity index (χ0) is 31.4. The number of hydrogen-bond acceptors (Lipinski definition) is 9. The molecule has 0 aliphatic heterocycles. The van der Waals surface area contributed by atoms with E-state index >= 15 is 0 Å². The molecule has 3 N–H and O–H groups in total. The lowest BCUT2D eigenvalue weighted by molar-refractivity contribution is -0.162. The molecule has 3 aromatic rings. The second kappa shape index (κ2) is 16.0. The van der Waals surface area contributed by atoms with E-state index in [0.29, 0.717) is 6.42 Å². The Kier molecular flexibility index (Phi) is 13.1. The van der Waals surface area contributed by atoms with Crippen LogP contribution in [-0.2, 0) is 15.2 Å². The van der Waals surface area contributed by atoms with Gasteiger partial charge in [-0.1, -0.05) is 61.4 Å². The molecule has 0 bridgehead atoms. The molecule has 0 amide bonds. The van der Waals surface area contributed by atoms with Crippen molar-refractivity contribution in [3.8, 4) is 17.2 Å². The molecule has 3 rings (SSSR count). The Hall–Kier alpha value is -3.76. The monoisotopic (exact) mass is 581 g/mol. The molecule has 0 saturated heterocycles. The SMILES string of the molecule is CC[C@@](O)(c1cccc(OC)c1)[C@@H](C)CN(C)C.Cc1ccc(OC(=O)[C@@H](O)[C@H](O)C(=O)Oc2ccc(C)cc2)cc1. The second-order valence-electron chi connectivity index (χ2n) is 10.5. The Morgan fingerprint density at radius 1 is 0.810 bits per heavy atom. The summed E-state index contributed by atoms with van der Waals surface area (Å²) in [5.41, 5.74) is 2.06. The first-order valence-electron chi connectivity index (χ1n) is 13.7. The summed E-state index contributed by atoms with van der Waals surface area (Å²) < 4.78 is 15.1. The van der Waals surface area contributed by atoms with Crippen LogP contribution in [0.1, 0.15) is 37.0 Å². The van der Waals surface area contributed by atoms with Crippen LogP contribution >= 0.6 is 0 Å². The van der Waals surface area contributed by atoms with Gasteiger partial charge in [0.05, 0.1) is 12.7 Å². The predicted molar refractivity (Wildman–Crippen MR) is 161 cm³/mol. The van der Waals surface area contributed by atoms with Crippen molar-refractivity contribution in [1.82, 2.24) is 4.90 Å². The van der Waals surface area contributed by atoms with Crippen molar-refractivity contribution in [2.45, 2.75) is 51.9 Å². The molecule has 0 aromatic heterocycles. The molecule has 9 heteroatoms. The largest absolute Gasteiger partial charge is 0.497 e. The van der Waals surface area contributed by atoms with Crippen LogP contribution in [-0.4, -0.2) is 72.1 Å². The van der Waals surface area contributed by atoms with Gasteiger partial charge in [0.2, 0.25) is 0 Å². The first kappa shape index (κ1) is 34.4. The average Bonchev–Trinajstić information content (AvgIpc) is 2.98. The van der Waals surface area contributed by atoms with Crippen LogP contribution in [0.4, 0.5) is 0 Å². The Morgan fingerprint density at radius 3 is 1.64 bits per heavy atom. The number of hydrogen-bond donors (Lipinski definition) is 3. The van der Waals surface area contributed by atoms with E-state index in [9.17, 15) is 24.9 Å². The Morgan fingerprint density at radius 2 is 1.26 bits per heavy atom. The summed E-state index contributed by atoms with van der Waals surface area (Å²) in [6, 6.07) is 20.8. The van der Waals surface area contributed by atoms with Crippen molar-refractivity contribution in [3.05, 3.63) is 89.5 Å². The van der Waals surface area contributed by atoms with Crippen molar-refractivity contribution in [3.63, 3.8) is 0 Å². The summed E-state index contributed by atoms with van der Waals surface area (Å²) in [6.07, 6.45) is -3.41. The van der Waals surface area contributed by atoms with E-state index in [1.807, 2.05) is 59.1 Å². The maximum atomic E-state index is 11.8. The standard InChI is InChI=1S/C18H18O6.C15H25NO2/c1-11-3-7-13(8-4-11)23-17(21)15(19)16(20)18(22)24-14-9-5-12(2)6-10-14;1-6-15(17,12(2)11-16(3)4)13-8-7-9-14(10-13)18-5/h3-10,15-16,19-20H,1-2H3;7-10,12,17H,6,11H2,1-5H3/t15-,16-;12-,15-/m00/s1. The first-order chi connectivity index (χ1) is 19.8. The van der Waals surface area contributed by atoms with Gasteiger partial charge in [0.15, 0.2) is 12.2 Å². The number of rotatable bonds is 11. The highest BCUT2D eigenvalue weighted by Crippen LogP contribution is 2.35. The fourth-order valence-electron chi connectivity index (χ4n) is 4.25. The number of aryl methyl sites for hydroxylation is 2. The number of aliphatic hydroxyl groups is 3. The summed E-state index contributed by atoms with van der Waals surface area (Å²) in [5.74, 6) is -0.951.